The Hall–Kier alpha value is -0.910. The van der Waals surface area contributed by atoms with Gasteiger partial charge in [-0.1, -0.05) is 0 Å². The van der Waals surface area contributed by atoms with E-state index in [-0.39, 0.29) is 6.61 Å². The normalized spacial score (nSPS) is 15.2. The maximum Gasteiger partial charge on any atom is 0.145 e. The molecule has 15 heavy (non-hydrogen) atoms. The minimum atomic E-state index is -1.04. The van der Waals surface area contributed by atoms with Gasteiger partial charge in [-0.25, -0.2) is 4.98 Å². The summed E-state index contributed by atoms with van der Waals surface area (Å²) in [5.74, 6) is 0.623. The van der Waals surface area contributed by atoms with Crippen molar-refractivity contribution in [2.45, 2.75) is 18.4 Å². The van der Waals surface area contributed by atoms with Gasteiger partial charge >= 0.3 is 0 Å². The molecule has 0 radical (unpaired) electrons. The van der Waals surface area contributed by atoms with E-state index in [0.717, 1.165) is 6.42 Å². The summed E-state index contributed by atoms with van der Waals surface area (Å²) in [5.41, 5.74) is 4.41. The average molecular weight is 213 g/mol. The highest BCUT2D eigenvalue weighted by molar-refractivity contribution is 5.04. The molecule has 0 saturated carbocycles. The van der Waals surface area contributed by atoms with E-state index in [1.807, 2.05) is 7.05 Å². The summed E-state index contributed by atoms with van der Waals surface area (Å²) in [6.45, 7) is 0.786. The molecule has 0 saturated heterocycles. The van der Waals surface area contributed by atoms with Crippen molar-refractivity contribution in [2.24, 2.45) is 12.8 Å². The van der Waals surface area contributed by atoms with Gasteiger partial charge in [-0.15, -0.1) is 0 Å². The molecule has 5 heteroatoms. The van der Waals surface area contributed by atoms with Crippen molar-refractivity contribution in [2.75, 3.05) is 20.3 Å². The molecule has 5 nitrogen and oxygen atoms in total. The van der Waals surface area contributed by atoms with Crippen LogP contribution in [0.3, 0.4) is 0 Å². The molecule has 1 unspecified atom stereocenters. The Kier molecular flexibility index (Phi) is 4.26. The molecular formula is C10H19N3O2. The number of nitrogens with two attached hydrogens (primary N) is 1. The second kappa shape index (κ2) is 5.25. The van der Waals surface area contributed by atoms with E-state index in [2.05, 4.69) is 4.98 Å². The van der Waals surface area contributed by atoms with Crippen molar-refractivity contribution >= 4 is 0 Å². The fraction of sp³-hybridized carbons (Fsp3) is 0.700. The fourth-order valence-electron chi connectivity index (χ4n) is 1.70. The molecule has 0 aromatic carbocycles. The van der Waals surface area contributed by atoms with E-state index in [4.69, 9.17) is 10.5 Å². The van der Waals surface area contributed by atoms with Crippen LogP contribution in [0.2, 0.25) is 0 Å². The maximum atomic E-state index is 10.4. The van der Waals surface area contributed by atoms with Crippen LogP contribution < -0.4 is 5.73 Å². The zero-order chi connectivity index (χ0) is 11.3. The number of nitrogens with zero attached hydrogens (tertiary/aromatic N) is 2. The second-order valence-corrected chi connectivity index (χ2v) is 3.72. The highest BCUT2D eigenvalue weighted by Crippen LogP contribution is 2.24. The van der Waals surface area contributed by atoms with E-state index in [0.29, 0.717) is 18.8 Å². The van der Waals surface area contributed by atoms with Gasteiger partial charge < -0.3 is 20.1 Å². The van der Waals surface area contributed by atoms with E-state index < -0.39 is 5.60 Å². The smallest absolute Gasteiger partial charge is 0.145 e. The van der Waals surface area contributed by atoms with Crippen LogP contribution in [0.4, 0.5) is 0 Å². The largest absolute Gasteiger partial charge is 0.381 e. The number of methoxy groups -OCH3 is 1. The summed E-state index contributed by atoms with van der Waals surface area (Å²) in [4.78, 5) is 4.15. The highest BCUT2D eigenvalue weighted by Gasteiger charge is 2.32. The van der Waals surface area contributed by atoms with E-state index in [1.54, 1.807) is 24.1 Å². The summed E-state index contributed by atoms with van der Waals surface area (Å²) in [5, 5.41) is 10.4. The molecule has 1 rings (SSSR count). The van der Waals surface area contributed by atoms with Crippen molar-refractivity contribution in [3.05, 3.63) is 18.2 Å². The Morgan fingerprint density at radius 3 is 2.87 bits per heavy atom. The fourth-order valence-corrected chi connectivity index (χ4v) is 1.70. The van der Waals surface area contributed by atoms with Gasteiger partial charge in [0.05, 0.1) is 6.61 Å². The lowest BCUT2D eigenvalue weighted by Crippen LogP contribution is -2.34. The number of aliphatic hydroxyl groups is 1. The standard InChI is InChI=1S/C10H19N3O2/c1-13-7-6-12-9(13)10(14,8-15-2)4-3-5-11/h6-7,14H,3-5,8,11H2,1-2H3. The Morgan fingerprint density at radius 1 is 1.67 bits per heavy atom. The third-order valence-electron chi connectivity index (χ3n) is 2.42. The first kappa shape index (κ1) is 12.2. The number of imidazole rings is 1. The molecule has 0 aliphatic carbocycles. The van der Waals surface area contributed by atoms with Gasteiger partial charge in [0.1, 0.15) is 11.4 Å². The first-order valence-electron chi connectivity index (χ1n) is 5.03. The monoisotopic (exact) mass is 213 g/mol. The number of hydrogen-bond donors (Lipinski definition) is 2. The number of aryl methyl sites for hydroxylation is 1. The third kappa shape index (κ3) is 2.77. The summed E-state index contributed by atoms with van der Waals surface area (Å²) < 4.78 is 6.84. The molecule has 0 bridgehead atoms. The molecule has 3 N–H and O–H groups in total. The summed E-state index contributed by atoms with van der Waals surface area (Å²) in [6, 6.07) is 0. The predicted molar refractivity (Wildman–Crippen MR) is 57.3 cm³/mol. The highest BCUT2D eigenvalue weighted by atomic mass is 16.5. The lowest BCUT2D eigenvalue weighted by molar-refractivity contribution is -0.0511. The minimum absolute atomic E-state index is 0.234. The van der Waals surface area contributed by atoms with Crippen LogP contribution in [0.5, 0.6) is 0 Å². The first-order chi connectivity index (χ1) is 7.14. The van der Waals surface area contributed by atoms with Crippen LogP contribution in [0.15, 0.2) is 12.4 Å². The van der Waals surface area contributed by atoms with Crippen molar-refractivity contribution in [3.63, 3.8) is 0 Å². The lowest BCUT2D eigenvalue weighted by Gasteiger charge is -2.26. The van der Waals surface area contributed by atoms with Crippen LogP contribution in [-0.4, -0.2) is 34.9 Å². The SMILES string of the molecule is COCC(O)(CCCN)c1nccn1C. The molecule has 1 aromatic rings. The molecule has 0 amide bonds. The van der Waals surface area contributed by atoms with Crippen molar-refractivity contribution in [1.29, 1.82) is 0 Å². The Morgan fingerprint density at radius 2 is 2.40 bits per heavy atom. The van der Waals surface area contributed by atoms with Crippen LogP contribution in [0.25, 0.3) is 0 Å². The van der Waals surface area contributed by atoms with Gasteiger partial charge in [-0.2, -0.15) is 0 Å². The Balaban J connectivity index is 2.85. The van der Waals surface area contributed by atoms with Gasteiger partial charge in [0.25, 0.3) is 0 Å². The third-order valence-corrected chi connectivity index (χ3v) is 2.42. The number of aromatic nitrogens is 2. The van der Waals surface area contributed by atoms with E-state index in [1.165, 1.54) is 0 Å². The number of rotatable bonds is 6. The lowest BCUT2D eigenvalue weighted by atomic mass is 9.97. The van der Waals surface area contributed by atoms with E-state index in [9.17, 15) is 5.11 Å². The van der Waals surface area contributed by atoms with Gasteiger partial charge in [0.15, 0.2) is 0 Å². The van der Waals surface area contributed by atoms with Crippen LogP contribution >= 0.6 is 0 Å². The molecule has 0 spiro atoms. The number of ether oxygens (including phenoxy) is 1. The zero-order valence-electron chi connectivity index (χ0n) is 9.31. The van der Waals surface area contributed by atoms with Crippen molar-refractivity contribution in [1.82, 2.24) is 9.55 Å². The molecule has 0 fully saturated rings. The molecule has 86 valence electrons. The number of hydrogen-bond acceptors (Lipinski definition) is 4. The van der Waals surface area contributed by atoms with Crippen LogP contribution in [-0.2, 0) is 17.4 Å². The first-order valence-corrected chi connectivity index (χ1v) is 5.03. The van der Waals surface area contributed by atoms with Crippen molar-refractivity contribution < 1.29 is 9.84 Å². The predicted octanol–water partition coefficient (Wildman–Crippen LogP) is -0.00700. The van der Waals surface area contributed by atoms with Crippen LogP contribution in [0, 0.1) is 0 Å². The summed E-state index contributed by atoms with van der Waals surface area (Å²) in [7, 11) is 3.42. The van der Waals surface area contributed by atoms with Gasteiger partial charge in [-0.05, 0) is 19.4 Å². The molecule has 1 aromatic heterocycles. The average Bonchev–Trinajstić information content (AvgIpc) is 2.62. The van der Waals surface area contributed by atoms with Gasteiger partial charge in [0, 0.05) is 26.6 Å². The molecule has 1 heterocycles. The minimum Gasteiger partial charge on any atom is -0.381 e. The van der Waals surface area contributed by atoms with Gasteiger partial charge in [-0.3, -0.25) is 0 Å². The zero-order valence-corrected chi connectivity index (χ0v) is 9.31. The molecule has 0 aliphatic heterocycles. The van der Waals surface area contributed by atoms with Gasteiger partial charge in [0.2, 0.25) is 0 Å². The second-order valence-electron chi connectivity index (χ2n) is 3.72. The van der Waals surface area contributed by atoms with Crippen LogP contribution in [0.1, 0.15) is 18.7 Å². The van der Waals surface area contributed by atoms with E-state index >= 15 is 0 Å². The summed E-state index contributed by atoms with van der Waals surface area (Å²) >= 11 is 0. The molecule has 0 aliphatic rings. The van der Waals surface area contributed by atoms with Crippen molar-refractivity contribution in [3.8, 4) is 0 Å². The molecule has 1 atom stereocenters. The quantitative estimate of drug-likeness (QED) is 0.697. The summed E-state index contributed by atoms with van der Waals surface area (Å²) in [6.07, 6.45) is 4.77. The Bertz CT molecular complexity index is 301. The molecular weight excluding hydrogens is 194 g/mol. The maximum absolute atomic E-state index is 10.4. The topological polar surface area (TPSA) is 73.3 Å². The Labute approximate surface area is 89.9 Å².